The van der Waals surface area contributed by atoms with Crippen LogP contribution in [0.3, 0.4) is 0 Å². The number of anilines is 1. The number of aryl methyl sites for hydroxylation is 1. The molecule has 1 aliphatic heterocycles. The van der Waals surface area contributed by atoms with Crippen LogP contribution in [0.4, 0.5) is 10.3 Å². The Labute approximate surface area is 127 Å². The minimum atomic E-state index is -0.242. The van der Waals surface area contributed by atoms with Gasteiger partial charge in [-0.15, -0.1) is 0 Å². The van der Waals surface area contributed by atoms with E-state index in [2.05, 4.69) is 31.9 Å². The molecule has 2 aromatic heterocycles. The Morgan fingerprint density at radius 2 is 1.91 bits per heavy atom. The Balaban J connectivity index is 1.93. The Kier molecular flexibility index (Phi) is 2.97. The molecule has 4 rings (SSSR count). The SMILES string of the molecule is Cc1cc2c(cc1F)nc(N1CCN(C)CC1)n1ncnc21. The first-order valence-electron chi connectivity index (χ1n) is 7.36. The molecule has 0 N–H and O–H groups in total. The zero-order valence-corrected chi connectivity index (χ0v) is 12.6. The number of aromatic nitrogens is 4. The van der Waals surface area contributed by atoms with Crippen LogP contribution in [0.2, 0.25) is 0 Å². The first-order valence-corrected chi connectivity index (χ1v) is 7.36. The van der Waals surface area contributed by atoms with Crippen LogP contribution in [-0.2, 0) is 0 Å². The molecule has 1 aliphatic rings. The van der Waals surface area contributed by atoms with Crippen LogP contribution in [0.15, 0.2) is 18.5 Å². The monoisotopic (exact) mass is 300 g/mol. The number of nitrogens with zero attached hydrogens (tertiary/aromatic N) is 6. The number of likely N-dealkylation sites (N-methyl/N-ethyl adjacent to an activating group) is 1. The van der Waals surface area contributed by atoms with Gasteiger partial charge in [0, 0.05) is 37.6 Å². The van der Waals surface area contributed by atoms with Crippen LogP contribution in [0.25, 0.3) is 16.6 Å². The molecule has 3 heterocycles. The number of piperazine rings is 1. The molecule has 6 nitrogen and oxygen atoms in total. The van der Waals surface area contributed by atoms with Gasteiger partial charge in [0.25, 0.3) is 0 Å². The van der Waals surface area contributed by atoms with Gasteiger partial charge in [-0.2, -0.15) is 9.61 Å². The number of benzene rings is 1. The standard InChI is InChI=1S/C15H17FN6/c1-10-7-11-13(8-12(10)16)19-15(22-14(11)17-9-18-22)21-5-3-20(2)4-6-21/h7-9H,3-6H2,1-2H3. The summed E-state index contributed by atoms with van der Waals surface area (Å²) >= 11 is 0. The van der Waals surface area contributed by atoms with E-state index < -0.39 is 0 Å². The number of hydrogen-bond acceptors (Lipinski definition) is 5. The Morgan fingerprint density at radius 3 is 2.68 bits per heavy atom. The second-order valence-electron chi connectivity index (χ2n) is 5.82. The molecule has 0 amide bonds. The van der Waals surface area contributed by atoms with E-state index in [9.17, 15) is 4.39 Å². The minimum Gasteiger partial charge on any atom is -0.338 e. The average Bonchev–Trinajstić information content (AvgIpc) is 2.99. The fraction of sp³-hybridized carbons (Fsp3) is 0.400. The third-order valence-electron chi connectivity index (χ3n) is 4.26. The molecule has 1 saturated heterocycles. The summed E-state index contributed by atoms with van der Waals surface area (Å²) in [5.41, 5.74) is 1.94. The number of fused-ring (bicyclic) bond motifs is 3. The molecular weight excluding hydrogens is 283 g/mol. The number of rotatable bonds is 1. The smallest absolute Gasteiger partial charge is 0.229 e. The van der Waals surface area contributed by atoms with Crippen LogP contribution >= 0.6 is 0 Å². The van der Waals surface area contributed by atoms with Crippen LogP contribution in [0.1, 0.15) is 5.56 Å². The Hall–Kier alpha value is -2.28. The molecule has 22 heavy (non-hydrogen) atoms. The molecule has 1 aromatic carbocycles. The summed E-state index contributed by atoms with van der Waals surface area (Å²) < 4.78 is 15.7. The summed E-state index contributed by atoms with van der Waals surface area (Å²) in [6.07, 6.45) is 1.52. The largest absolute Gasteiger partial charge is 0.338 e. The van der Waals surface area contributed by atoms with E-state index in [1.165, 1.54) is 12.4 Å². The molecule has 0 unspecified atom stereocenters. The minimum absolute atomic E-state index is 0.242. The summed E-state index contributed by atoms with van der Waals surface area (Å²) in [5, 5.41) is 5.14. The summed E-state index contributed by atoms with van der Waals surface area (Å²) in [5.74, 6) is 0.490. The quantitative estimate of drug-likeness (QED) is 0.681. The van der Waals surface area contributed by atoms with E-state index in [1.54, 1.807) is 17.5 Å². The van der Waals surface area contributed by atoms with Gasteiger partial charge in [0.15, 0.2) is 5.65 Å². The normalized spacial score (nSPS) is 16.8. The second kappa shape index (κ2) is 4.88. The van der Waals surface area contributed by atoms with Crippen molar-refractivity contribution >= 4 is 22.5 Å². The van der Waals surface area contributed by atoms with Crippen molar-refractivity contribution in [2.75, 3.05) is 38.1 Å². The van der Waals surface area contributed by atoms with E-state index in [1.807, 2.05) is 0 Å². The molecule has 0 atom stereocenters. The molecule has 0 saturated carbocycles. The molecule has 7 heteroatoms. The van der Waals surface area contributed by atoms with E-state index >= 15 is 0 Å². The van der Waals surface area contributed by atoms with Gasteiger partial charge in [-0.1, -0.05) is 0 Å². The highest BCUT2D eigenvalue weighted by molar-refractivity contribution is 5.92. The van der Waals surface area contributed by atoms with Crippen LogP contribution in [0.5, 0.6) is 0 Å². The topological polar surface area (TPSA) is 49.6 Å². The fourth-order valence-corrected chi connectivity index (χ4v) is 2.88. The molecule has 0 radical (unpaired) electrons. The molecule has 1 fully saturated rings. The summed E-state index contributed by atoms with van der Waals surface area (Å²) in [7, 11) is 2.11. The highest BCUT2D eigenvalue weighted by Crippen LogP contribution is 2.25. The maximum absolute atomic E-state index is 13.9. The third-order valence-corrected chi connectivity index (χ3v) is 4.26. The molecular formula is C15H17FN6. The maximum atomic E-state index is 13.9. The third kappa shape index (κ3) is 2.00. The van der Waals surface area contributed by atoms with Gasteiger partial charge < -0.3 is 9.80 Å². The lowest BCUT2D eigenvalue weighted by Gasteiger charge is -2.33. The number of halogens is 1. The van der Waals surface area contributed by atoms with Gasteiger partial charge in [0.05, 0.1) is 5.52 Å². The Morgan fingerprint density at radius 1 is 1.14 bits per heavy atom. The Bertz CT molecular complexity index is 850. The van der Waals surface area contributed by atoms with Crippen molar-refractivity contribution in [1.82, 2.24) is 24.5 Å². The van der Waals surface area contributed by atoms with Crippen molar-refractivity contribution in [3.8, 4) is 0 Å². The van der Waals surface area contributed by atoms with Crippen molar-refractivity contribution in [1.29, 1.82) is 0 Å². The summed E-state index contributed by atoms with van der Waals surface area (Å²) in [6.45, 7) is 5.43. The highest BCUT2D eigenvalue weighted by atomic mass is 19.1. The van der Waals surface area contributed by atoms with Gasteiger partial charge in [-0.25, -0.2) is 14.4 Å². The molecule has 0 aliphatic carbocycles. The van der Waals surface area contributed by atoms with E-state index in [4.69, 9.17) is 0 Å². The van der Waals surface area contributed by atoms with Crippen LogP contribution in [0, 0.1) is 12.7 Å². The van der Waals surface area contributed by atoms with Crippen molar-refractivity contribution in [3.63, 3.8) is 0 Å². The van der Waals surface area contributed by atoms with Crippen molar-refractivity contribution in [3.05, 3.63) is 29.8 Å². The van der Waals surface area contributed by atoms with Crippen molar-refractivity contribution in [2.45, 2.75) is 6.92 Å². The van der Waals surface area contributed by atoms with E-state index in [0.29, 0.717) is 11.1 Å². The lowest BCUT2D eigenvalue weighted by atomic mass is 10.1. The predicted octanol–water partition coefficient (Wildman–Crippen LogP) is 1.48. The van der Waals surface area contributed by atoms with E-state index in [0.717, 1.165) is 43.2 Å². The average molecular weight is 300 g/mol. The zero-order valence-electron chi connectivity index (χ0n) is 12.6. The molecule has 114 valence electrons. The summed E-state index contributed by atoms with van der Waals surface area (Å²) in [4.78, 5) is 13.5. The van der Waals surface area contributed by atoms with Gasteiger partial charge in [0.1, 0.15) is 12.1 Å². The van der Waals surface area contributed by atoms with Crippen LogP contribution < -0.4 is 4.90 Å². The van der Waals surface area contributed by atoms with Gasteiger partial charge >= 0.3 is 0 Å². The first-order chi connectivity index (χ1) is 10.6. The second-order valence-corrected chi connectivity index (χ2v) is 5.82. The predicted molar refractivity (Wildman–Crippen MR) is 82.7 cm³/mol. The zero-order chi connectivity index (χ0) is 15.3. The lowest BCUT2D eigenvalue weighted by molar-refractivity contribution is 0.310. The van der Waals surface area contributed by atoms with Gasteiger partial charge in [-0.3, -0.25) is 0 Å². The fourth-order valence-electron chi connectivity index (χ4n) is 2.88. The van der Waals surface area contributed by atoms with Gasteiger partial charge in [-0.05, 0) is 25.6 Å². The van der Waals surface area contributed by atoms with E-state index in [-0.39, 0.29) is 5.82 Å². The highest BCUT2D eigenvalue weighted by Gasteiger charge is 2.20. The van der Waals surface area contributed by atoms with Gasteiger partial charge in [0.2, 0.25) is 5.95 Å². The molecule has 0 bridgehead atoms. The first kappa shape index (κ1) is 13.4. The molecule has 0 spiro atoms. The lowest BCUT2D eigenvalue weighted by Crippen LogP contribution is -2.45. The molecule has 3 aromatic rings. The number of hydrogen-bond donors (Lipinski definition) is 0. The van der Waals surface area contributed by atoms with Crippen LogP contribution in [-0.4, -0.2) is 57.7 Å². The maximum Gasteiger partial charge on any atom is 0.229 e. The van der Waals surface area contributed by atoms with Crippen molar-refractivity contribution < 1.29 is 4.39 Å². The van der Waals surface area contributed by atoms with Crippen molar-refractivity contribution in [2.24, 2.45) is 0 Å². The summed E-state index contributed by atoms with van der Waals surface area (Å²) in [6, 6.07) is 3.27.